The third kappa shape index (κ3) is 2.85. The summed E-state index contributed by atoms with van der Waals surface area (Å²) in [6, 6.07) is 0. The molecule has 2 aliphatic rings. The molecule has 0 aromatic carbocycles. The minimum atomic E-state index is -0.664. The van der Waals surface area contributed by atoms with Crippen LogP contribution in [0.4, 0.5) is 0 Å². The van der Waals surface area contributed by atoms with Crippen LogP contribution in [0.3, 0.4) is 0 Å². The smallest absolute Gasteiger partial charge is 0.308 e. The van der Waals surface area contributed by atoms with Crippen LogP contribution in [-0.2, 0) is 38.1 Å². The minimum Gasteiger partial charge on any atom is -0.469 e. The van der Waals surface area contributed by atoms with Crippen molar-refractivity contribution in [3.8, 4) is 0 Å². The van der Waals surface area contributed by atoms with Gasteiger partial charge >= 0.3 is 23.9 Å². The standard InChI is InChI=1S/C16H22O8/c1-21-13(17)7-5-8(14(18)22-2)12-10(16(20)24-4)6-9(11(7)12)15(19)23-3/h7-12H,5-6H2,1-4H3/t7-,8-,9-,10+,11?,12?/m1/s1. The summed E-state index contributed by atoms with van der Waals surface area (Å²) in [5.74, 6) is -5.70. The van der Waals surface area contributed by atoms with Crippen molar-refractivity contribution in [3.63, 3.8) is 0 Å². The molecule has 0 bridgehead atoms. The van der Waals surface area contributed by atoms with Gasteiger partial charge in [-0.15, -0.1) is 0 Å². The second kappa shape index (κ2) is 7.19. The van der Waals surface area contributed by atoms with Crippen molar-refractivity contribution in [1.82, 2.24) is 0 Å². The van der Waals surface area contributed by atoms with Gasteiger partial charge in [0.15, 0.2) is 0 Å². The first-order chi connectivity index (χ1) is 11.4. The molecule has 2 fully saturated rings. The molecule has 2 unspecified atom stereocenters. The summed E-state index contributed by atoms with van der Waals surface area (Å²) >= 11 is 0. The number of esters is 4. The van der Waals surface area contributed by atoms with E-state index in [4.69, 9.17) is 18.9 Å². The van der Waals surface area contributed by atoms with E-state index in [1.54, 1.807) is 0 Å². The maximum atomic E-state index is 12.2. The van der Waals surface area contributed by atoms with Gasteiger partial charge in [-0.25, -0.2) is 0 Å². The maximum Gasteiger partial charge on any atom is 0.308 e. The lowest BCUT2D eigenvalue weighted by Gasteiger charge is -2.23. The Balaban J connectivity index is 2.46. The van der Waals surface area contributed by atoms with E-state index < -0.39 is 59.4 Å². The first-order valence-corrected chi connectivity index (χ1v) is 7.72. The molecule has 0 aliphatic heterocycles. The summed E-state index contributed by atoms with van der Waals surface area (Å²) < 4.78 is 19.3. The second-order valence-corrected chi connectivity index (χ2v) is 6.14. The van der Waals surface area contributed by atoms with Gasteiger partial charge in [0, 0.05) is 0 Å². The Hall–Kier alpha value is -2.12. The topological polar surface area (TPSA) is 105 Å². The molecule has 0 heterocycles. The molecule has 0 aromatic heterocycles. The van der Waals surface area contributed by atoms with E-state index in [1.165, 1.54) is 28.4 Å². The third-order valence-electron chi connectivity index (χ3n) is 5.33. The van der Waals surface area contributed by atoms with Crippen molar-refractivity contribution in [2.45, 2.75) is 12.8 Å². The van der Waals surface area contributed by atoms with Gasteiger partial charge in [-0.3, -0.25) is 19.2 Å². The molecule has 0 spiro atoms. The third-order valence-corrected chi connectivity index (χ3v) is 5.33. The fourth-order valence-corrected chi connectivity index (χ4v) is 4.43. The zero-order chi connectivity index (χ0) is 18.0. The van der Waals surface area contributed by atoms with Crippen molar-refractivity contribution in [2.75, 3.05) is 28.4 Å². The number of ether oxygens (including phenoxy) is 4. The summed E-state index contributed by atoms with van der Waals surface area (Å²) in [6.45, 7) is 0. The summed E-state index contributed by atoms with van der Waals surface area (Å²) in [6.07, 6.45) is 0.353. The predicted octanol–water partition coefficient (Wildman–Crippen LogP) is 0.183. The molecule has 0 radical (unpaired) electrons. The Bertz CT molecular complexity index is 450. The molecule has 2 rings (SSSR count). The lowest BCUT2D eigenvalue weighted by atomic mass is 9.82. The van der Waals surface area contributed by atoms with Crippen LogP contribution in [0.2, 0.25) is 0 Å². The van der Waals surface area contributed by atoms with Crippen molar-refractivity contribution in [2.24, 2.45) is 35.5 Å². The minimum absolute atomic E-state index is 0.176. The molecule has 0 aromatic rings. The van der Waals surface area contributed by atoms with Gasteiger partial charge in [0.2, 0.25) is 0 Å². The van der Waals surface area contributed by atoms with Crippen molar-refractivity contribution in [3.05, 3.63) is 0 Å². The summed E-state index contributed by atoms with van der Waals surface area (Å²) in [4.78, 5) is 48.7. The number of hydrogen-bond donors (Lipinski definition) is 0. The molecule has 0 saturated heterocycles. The van der Waals surface area contributed by atoms with Crippen LogP contribution in [0.1, 0.15) is 12.8 Å². The van der Waals surface area contributed by atoms with Crippen LogP contribution < -0.4 is 0 Å². The average Bonchev–Trinajstić information content (AvgIpc) is 3.17. The van der Waals surface area contributed by atoms with Crippen LogP contribution in [0.25, 0.3) is 0 Å². The molecule has 8 heteroatoms. The molecule has 134 valence electrons. The molecule has 2 saturated carbocycles. The molecule has 6 atom stereocenters. The van der Waals surface area contributed by atoms with Gasteiger partial charge < -0.3 is 18.9 Å². The largest absolute Gasteiger partial charge is 0.469 e. The Morgan fingerprint density at radius 1 is 0.542 bits per heavy atom. The number of fused-ring (bicyclic) bond motifs is 1. The van der Waals surface area contributed by atoms with Crippen LogP contribution >= 0.6 is 0 Å². The number of carbonyl (C=O) groups excluding carboxylic acids is 4. The second-order valence-electron chi connectivity index (χ2n) is 6.14. The molecule has 8 nitrogen and oxygen atoms in total. The normalized spacial score (nSPS) is 34.2. The van der Waals surface area contributed by atoms with Crippen molar-refractivity contribution < 1.29 is 38.1 Å². The summed E-state index contributed by atoms with van der Waals surface area (Å²) in [7, 11) is 5.01. The van der Waals surface area contributed by atoms with E-state index in [0.717, 1.165) is 0 Å². The molecule has 0 amide bonds. The van der Waals surface area contributed by atoms with E-state index in [0.29, 0.717) is 0 Å². The number of carbonyl (C=O) groups is 4. The van der Waals surface area contributed by atoms with Crippen LogP contribution in [0.5, 0.6) is 0 Å². The van der Waals surface area contributed by atoms with E-state index >= 15 is 0 Å². The van der Waals surface area contributed by atoms with Crippen molar-refractivity contribution >= 4 is 23.9 Å². The van der Waals surface area contributed by atoms with E-state index in [1.807, 2.05) is 0 Å². The fourth-order valence-electron chi connectivity index (χ4n) is 4.43. The number of rotatable bonds is 4. The molecular weight excluding hydrogens is 320 g/mol. The Morgan fingerprint density at radius 3 is 0.917 bits per heavy atom. The molecule has 24 heavy (non-hydrogen) atoms. The zero-order valence-corrected chi connectivity index (χ0v) is 14.1. The van der Waals surface area contributed by atoms with Gasteiger partial charge in [0.25, 0.3) is 0 Å². The SMILES string of the molecule is COC(=O)[C@H]1C[C@@H](C(=O)OC)C2C1[C@H](C(=O)OC)C[C@H]2C(=O)OC. The van der Waals surface area contributed by atoms with E-state index in [9.17, 15) is 19.2 Å². The lowest BCUT2D eigenvalue weighted by Crippen LogP contribution is -2.32. The highest BCUT2D eigenvalue weighted by atomic mass is 16.5. The summed E-state index contributed by atoms with van der Waals surface area (Å²) in [5.41, 5.74) is 0. The van der Waals surface area contributed by atoms with Crippen LogP contribution in [-0.4, -0.2) is 52.3 Å². The van der Waals surface area contributed by atoms with Gasteiger partial charge in [0.05, 0.1) is 52.1 Å². The highest BCUT2D eigenvalue weighted by Crippen LogP contribution is 2.57. The Morgan fingerprint density at radius 2 is 0.750 bits per heavy atom. The van der Waals surface area contributed by atoms with Crippen LogP contribution in [0.15, 0.2) is 0 Å². The number of hydrogen-bond acceptors (Lipinski definition) is 8. The first kappa shape index (κ1) is 18.2. The fraction of sp³-hybridized carbons (Fsp3) is 0.750. The summed E-state index contributed by atoms with van der Waals surface area (Å²) in [5, 5.41) is 0. The molecular formula is C16H22O8. The molecule has 0 N–H and O–H groups in total. The predicted molar refractivity (Wildman–Crippen MR) is 78.2 cm³/mol. The Kier molecular flexibility index (Phi) is 5.46. The average molecular weight is 342 g/mol. The zero-order valence-electron chi connectivity index (χ0n) is 14.1. The van der Waals surface area contributed by atoms with Gasteiger partial charge in [0.1, 0.15) is 0 Å². The Labute approximate surface area is 139 Å². The van der Waals surface area contributed by atoms with Crippen molar-refractivity contribution in [1.29, 1.82) is 0 Å². The molecule has 2 aliphatic carbocycles. The van der Waals surface area contributed by atoms with Gasteiger partial charge in [-0.2, -0.15) is 0 Å². The highest BCUT2D eigenvalue weighted by molar-refractivity contribution is 5.84. The number of methoxy groups -OCH3 is 4. The maximum absolute atomic E-state index is 12.2. The lowest BCUT2D eigenvalue weighted by molar-refractivity contribution is -0.153. The van der Waals surface area contributed by atoms with Crippen LogP contribution in [0, 0.1) is 35.5 Å². The van der Waals surface area contributed by atoms with E-state index in [2.05, 4.69) is 0 Å². The van der Waals surface area contributed by atoms with E-state index in [-0.39, 0.29) is 12.8 Å². The first-order valence-electron chi connectivity index (χ1n) is 7.72. The monoisotopic (exact) mass is 342 g/mol. The van der Waals surface area contributed by atoms with Gasteiger partial charge in [-0.05, 0) is 24.7 Å². The quantitative estimate of drug-likeness (QED) is 0.526. The van der Waals surface area contributed by atoms with Gasteiger partial charge in [-0.1, -0.05) is 0 Å². The highest BCUT2D eigenvalue weighted by Gasteiger charge is 2.63.